The van der Waals surface area contributed by atoms with Crippen molar-refractivity contribution in [3.8, 4) is 11.3 Å². The summed E-state index contributed by atoms with van der Waals surface area (Å²) in [5.74, 6) is -0.992. The van der Waals surface area contributed by atoms with Gasteiger partial charge in [0.05, 0.1) is 25.0 Å². The van der Waals surface area contributed by atoms with Crippen LogP contribution in [0.1, 0.15) is 53.5 Å². The van der Waals surface area contributed by atoms with Crippen molar-refractivity contribution in [2.45, 2.75) is 64.4 Å². The standard InChI is InChI=1S/C29H37FN4O6S/c1-26(2,3)29(27(4,5)6)22-14-18(15-39-7)40-16-28(22,32-23(41-29)34(24(35)36)25(37)38)19-13-17(10-11-20(19)30)21-9-8-12-31-33-21/h8-13,18,22H,14-16H2,1-7H3,(H,35,36)(H,37,38)/t18-,22-,28-/m1/s1. The number of rotatable bonds is 4. The van der Waals surface area contributed by atoms with E-state index in [1.54, 1.807) is 31.4 Å². The summed E-state index contributed by atoms with van der Waals surface area (Å²) in [6.07, 6.45) is -1.77. The van der Waals surface area contributed by atoms with E-state index < -0.39 is 45.0 Å². The Hall–Kier alpha value is -3.09. The van der Waals surface area contributed by atoms with Gasteiger partial charge >= 0.3 is 12.2 Å². The zero-order valence-corrected chi connectivity index (χ0v) is 25.2. The van der Waals surface area contributed by atoms with Gasteiger partial charge in [0.15, 0.2) is 5.17 Å². The van der Waals surface area contributed by atoms with Gasteiger partial charge in [-0.05, 0) is 47.6 Å². The minimum Gasteiger partial charge on any atom is -0.464 e. The number of benzene rings is 1. The lowest BCUT2D eigenvalue weighted by Gasteiger charge is -2.64. The number of carboxylic acid groups (broad SMARTS) is 2. The fourth-order valence-corrected chi connectivity index (χ4v) is 8.60. The minimum atomic E-state index is -1.70. The van der Waals surface area contributed by atoms with E-state index in [0.29, 0.717) is 24.3 Å². The van der Waals surface area contributed by atoms with E-state index in [0.717, 1.165) is 11.8 Å². The molecule has 2 aromatic rings. The second kappa shape index (κ2) is 11.0. The third-order valence-electron chi connectivity index (χ3n) is 8.11. The van der Waals surface area contributed by atoms with Crippen molar-refractivity contribution in [2.75, 3.05) is 20.3 Å². The van der Waals surface area contributed by atoms with E-state index in [9.17, 15) is 19.8 Å². The third kappa shape index (κ3) is 5.21. The fraction of sp³-hybridized carbons (Fsp3) is 0.552. The molecule has 2 aliphatic heterocycles. The molecule has 1 aromatic carbocycles. The SMILES string of the molecule is COC[C@H]1C[C@H]2C(C(C)(C)C)(C(C)(C)C)SC(N(C(=O)O)C(=O)O)=N[C@@]2(c2cc(-c3cccnn3)ccc2F)CO1. The van der Waals surface area contributed by atoms with Crippen LogP contribution in [-0.4, -0.2) is 73.8 Å². The van der Waals surface area contributed by atoms with Crippen LogP contribution in [0.15, 0.2) is 41.5 Å². The summed E-state index contributed by atoms with van der Waals surface area (Å²) in [5.41, 5.74) is -1.31. The summed E-state index contributed by atoms with van der Waals surface area (Å²) < 4.78 is 27.0. The molecule has 1 fully saturated rings. The second-order valence-electron chi connectivity index (χ2n) is 12.5. The maximum atomic E-state index is 16.1. The summed E-state index contributed by atoms with van der Waals surface area (Å²) in [6, 6.07) is 8.04. The average Bonchev–Trinajstić information content (AvgIpc) is 2.87. The van der Waals surface area contributed by atoms with Gasteiger partial charge in [0.25, 0.3) is 0 Å². The van der Waals surface area contributed by atoms with Crippen molar-refractivity contribution >= 4 is 29.1 Å². The number of carbonyl (C=O) groups is 2. The molecule has 41 heavy (non-hydrogen) atoms. The molecule has 1 saturated heterocycles. The van der Waals surface area contributed by atoms with Gasteiger partial charge in [0, 0.05) is 35.1 Å². The molecule has 0 spiro atoms. The minimum absolute atomic E-state index is 0.114. The molecule has 0 saturated carbocycles. The van der Waals surface area contributed by atoms with Crippen LogP contribution in [-0.2, 0) is 15.0 Å². The molecule has 3 atom stereocenters. The van der Waals surface area contributed by atoms with E-state index in [-0.39, 0.29) is 28.3 Å². The predicted molar refractivity (Wildman–Crippen MR) is 153 cm³/mol. The molecule has 4 rings (SSSR count). The normalized spacial score (nSPS) is 24.2. The number of amidine groups is 1. The lowest BCUT2D eigenvalue weighted by Crippen LogP contribution is -2.68. The van der Waals surface area contributed by atoms with Gasteiger partial charge in [0.2, 0.25) is 0 Å². The fourth-order valence-electron chi connectivity index (χ4n) is 6.81. The molecule has 2 aliphatic rings. The van der Waals surface area contributed by atoms with Crippen LogP contribution in [0.3, 0.4) is 0 Å². The molecule has 0 aliphatic carbocycles. The molecule has 0 radical (unpaired) electrons. The number of nitrogens with zero attached hydrogens (tertiary/aromatic N) is 4. The predicted octanol–water partition coefficient (Wildman–Crippen LogP) is 6.12. The van der Waals surface area contributed by atoms with E-state index in [1.807, 2.05) is 41.5 Å². The summed E-state index contributed by atoms with van der Waals surface area (Å²) >= 11 is 1.14. The maximum absolute atomic E-state index is 16.1. The largest absolute Gasteiger partial charge is 0.464 e. The van der Waals surface area contributed by atoms with Crippen LogP contribution in [0.25, 0.3) is 11.3 Å². The van der Waals surface area contributed by atoms with Gasteiger partial charge in [-0.1, -0.05) is 53.3 Å². The topological polar surface area (TPSA) is 134 Å². The third-order valence-corrected chi connectivity index (χ3v) is 10.4. The number of aliphatic imine (C=N–C) groups is 1. The van der Waals surface area contributed by atoms with Crippen molar-refractivity contribution < 1.29 is 33.7 Å². The number of amides is 2. The Morgan fingerprint density at radius 2 is 1.80 bits per heavy atom. The molecular weight excluding hydrogens is 551 g/mol. The lowest BCUT2D eigenvalue weighted by atomic mass is 9.53. The summed E-state index contributed by atoms with van der Waals surface area (Å²) in [7, 11) is 1.58. The van der Waals surface area contributed by atoms with Gasteiger partial charge in [-0.15, -0.1) is 0 Å². The highest BCUT2D eigenvalue weighted by molar-refractivity contribution is 8.15. The van der Waals surface area contributed by atoms with Gasteiger partial charge in [-0.2, -0.15) is 15.1 Å². The number of methoxy groups -OCH3 is 1. The monoisotopic (exact) mass is 588 g/mol. The molecule has 2 amide bonds. The van der Waals surface area contributed by atoms with Crippen molar-refractivity contribution in [1.82, 2.24) is 15.1 Å². The number of fused-ring (bicyclic) bond motifs is 1. The Labute approximate surface area is 243 Å². The van der Waals surface area contributed by atoms with Crippen LogP contribution < -0.4 is 0 Å². The van der Waals surface area contributed by atoms with Gasteiger partial charge < -0.3 is 19.7 Å². The molecule has 0 bridgehead atoms. The van der Waals surface area contributed by atoms with Gasteiger partial charge in [-0.25, -0.2) is 19.0 Å². The molecule has 222 valence electrons. The Morgan fingerprint density at radius 3 is 2.34 bits per heavy atom. The molecule has 2 N–H and O–H groups in total. The summed E-state index contributed by atoms with van der Waals surface area (Å²) in [4.78, 5) is 29.7. The van der Waals surface area contributed by atoms with Crippen LogP contribution in [0.4, 0.5) is 14.0 Å². The molecule has 12 heteroatoms. The molecule has 10 nitrogen and oxygen atoms in total. The Balaban J connectivity index is 2.12. The number of imide groups is 1. The van der Waals surface area contributed by atoms with Crippen LogP contribution in [0.2, 0.25) is 0 Å². The number of hydrogen-bond acceptors (Lipinski definition) is 8. The molecule has 1 aromatic heterocycles. The highest BCUT2D eigenvalue weighted by atomic mass is 32.2. The van der Waals surface area contributed by atoms with Crippen molar-refractivity contribution in [3.05, 3.63) is 47.9 Å². The van der Waals surface area contributed by atoms with Crippen molar-refractivity contribution in [3.63, 3.8) is 0 Å². The molecular formula is C29H37FN4O6S. The number of hydrogen-bond donors (Lipinski definition) is 2. The Kier molecular flexibility index (Phi) is 8.25. The number of ether oxygens (including phenoxy) is 2. The number of aromatic nitrogens is 2. The van der Waals surface area contributed by atoms with E-state index in [1.165, 1.54) is 12.3 Å². The molecule has 3 heterocycles. The van der Waals surface area contributed by atoms with Crippen LogP contribution in [0, 0.1) is 22.6 Å². The van der Waals surface area contributed by atoms with Gasteiger partial charge in [0.1, 0.15) is 11.4 Å². The maximum Gasteiger partial charge on any atom is 0.423 e. The first kappa shape index (κ1) is 30.9. The Bertz CT molecular complexity index is 1320. The summed E-state index contributed by atoms with van der Waals surface area (Å²) in [5, 5.41) is 27.9. The van der Waals surface area contributed by atoms with E-state index in [4.69, 9.17) is 14.5 Å². The second-order valence-corrected chi connectivity index (χ2v) is 13.8. The van der Waals surface area contributed by atoms with E-state index >= 15 is 4.39 Å². The lowest BCUT2D eigenvalue weighted by molar-refractivity contribution is -0.119. The highest BCUT2D eigenvalue weighted by Gasteiger charge is 2.68. The first-order chi connectivity index (χ1) is 19.1. The zero-order chi connectivity index (χ0) is 30.4. The van der Waals surface area contributed by atoms with Crippen molar-refractivity contribution in [2.24, 2.45) is 21.7 Å². The molecule has 0 unspecified atom stereocenters. The smallest absolute Gasteiger partial charge is 0.423 e. The quantitative estimate of drug-likeness (QED) is 0.433. The number of thioether (sulfide) groups is 1. The first-order valence-electron chi connectivity index (χ1n) is 13.3. The Morgan fingerprint density at radius 1 is 1.15 bits per heavy atom. The van der Waals surface area contributed by atoms with Crippen LogP contribution >= 0.6 is 11.8 Å². The van der Waals surface area contributed by atoms with Crippen molar-refractivity contribution in [1.29, 1.82) is 0 Å². The van der Waals surface area contributed by atoms with Crippen LogP contribution in [0.5, 0.6) is 0 Å². The van der Waals surface area contributed by atoms with Gasteiger partial charge in [-0.3, -0.25) is 0 Å². The zero-order valence-electron chi connectivity index (χ0n) is 24.3. The highest BCUT2D eigenvalue weighted by Crippen LogP contribution is 2.67. The van der Waals surface area contributed by atoms with E-state index in [2.05, 4.69) is 10.2 Å². The average molecular weight is 589 g/mol. The summed E-state index contributed by atoms with van der Waals surface area (Å²) in [6.45, 7) is 12.4. The first-order valence-corrected chi connectivity index (χ1v) is 14.1. The number of halogens is 1.